The van der Waals surface area contributed by atoms with Crippen LogP contribution in [0.2, 0.25) is 0 Å². The van der Waals surface area contributed by atoms with E-state index in [4.69, 9.17) is 0 Å². The standard InChI is InChI=1S/C13H23N3O2/c1-7-10(16(4,5)6)13(14-11(17)8-2)15-12(18)9-3/h8-10,13H,2-3,7H2,1,4-6H3,(H-,14,15,17,18)/p+1. The molecule has 1 atom stereocenters. The second kappa shape index (κ2) is 6.96. The first-order valence-corrected chi connectivity index (χ1v) is 5.93. The van der Waals surface area contributed by atoms with E-state index in [2.05, 4.69) is 23.8 Å². The summed E-state index contributed by atoms with van der Waals surface area (Å²) in [6.45, 7) is 8.84. The Morgan fingerprint density at radius 2 is 1.50 bits per heavy atom. The highest BCUT2D eigenvalue weighted by Gasteiger charge is 2.32. The van der Waals surface area contributed by atoms with Crippen molar-refractivity contribution in [3.8, 4) is 0 Å². The van der Waals surface area contributed by atoms with Crippen molar-refractivity contribution < 1.29 is 14.1 Å². The van der Waals surface area contributed by atoms with Gasteiger partial charge in [-0.3, -0.25) is 9.59 Å². The molecule has 0 radical (unpaired) electrons. The number of hydrogen-bond donors (Lipinski definition) is 2. The molecular formula is C13H24N3O2+. The molecule has 0 rings (SSSR count). The molecule has 102 valence electrons. The van der Waals surface area contributed by atoms with Crippen molar-refractivity contribution in [2.24, 2.45) is 0 Å². The molecule has 5 heteroatoms. The molecule has 18 heavy (non-hydrogen) atoms. The summed E-state index contributed by atoms with van der Waals surface area (Å²) in [5.74, 6) is -0.618. The number of nitrogens with one attached hydrogen (secondary N) is 2. The second-order valence-electron chi connectivity index (χ2n) is 4.99. The molecule has 0 aromatic rings. The highest BCUT2D eigenvalue weighted by Crippen LogP contribution is 2.10. The second-order valence-corrected chi connectivity index (χ2v) is 4.99. The third-order valence-electron chi connectivity index (χ3n) is 2.76. The van der Waals surface area contributed by atoms with Crippen LogP contribution in [-0.2, 0) is 9.59 Å². The zero-order valence-electron chi connectivity index (χ0n) is 11.7. The van der Waals surface area contributed by atoms with Gasteiger partial charge < -0.3 is 15.1 Å². The first-order valence-electron chi connectivity index (χ1n) is 5.93. The topological polar surface area (TPSA) is 58.2 Å². The summed E-state index contributed by atoms with van der Waals surface area (Å²) in [5.41, 5.74) is 0. The van der Waals surface area contributed by atoms with Gasteiger partial charge in [-0.25, -0.2) is 0 Å². The van der Waals surface area contributed by atoms with Crippen LogP contribution in [0.1, 0.15) is 13.3 Å². The van der Waals surface area contributed by atoms with Crippen LogP contribution < -0.4 is 10.6 Å². The van der Waals surface area contributed by atoms with Crippen molar-refractivity contribution in [3.63, 3.8) is 0 Å². The molecule has 0 spiro atoms. The maximum absolute atomic E-state index is 11.4. The van der Waals surface area contributed by atoms with Crippen LogP contribution in [0.15, 0.2) is 25.3 Å². The lowest BCUT2D eigenvalue weighted by molar-refractivity contribution is -0.897. The van der Waals surface area contributed by atoms with Crippen LogP contribution in [0.4, 0.5) is 0 Å². The number of hydrogen-bond acceptors (Lipinski definition) is 2. The maximum Gasteiger partial charge on any atom is 0.245 e. The monoisotopic (exact) mass is 254 g/mol. The van der Waals surface area contributed by atoms with Crippen LogP contribution in [0.25, 0.3) is 0 Å². The predicted molar refractivity (Wildman–Crippen MR) is 72.6 cm³/mol. The number of quaternary nitrogens is 1. The normalized spacial score (nSPS) is 12.7. The van der Waals surface area contributed by atoms with Crippen molar-refractivity contribution in [3.05, 3.63) is 25.3 Å². The minimum atomic E-state index is -0.453. The molecule has 0 heterocycles. The molecule has 5 nitrogen and oxygen atoms in total. The van der Waals surface area contributed by atoms with Crippen molar-refractivity contribution in [1.29, 1.82) is 0 Å². The van der Waals surface area contributed by atoms with Gasteiger partial charge in [-0.1, -0.05) is 20.1 Å². The molecular weight excluding hydrogens is 230 g/mol. The Morgan fingerprint density at radius 1 is 1.11 bits per heavy atom. The zero-order chi connectivity index (χ0) is 14.3. The Labute approximate surface area is 109 Å². The highest BCUT2D eigenvalue weighted by atomic mass is 16.2. The molecule has 2 amide bonds. The summed E-state index contributed by atoms with van der Waals surface area (Å²) in [4.78, 5) is 22.9. The van der Waals surface area contributed by atoms with Gasteiger partial charge in [0.2, 0.25) is 11.8 Å². The van der Waals surface area contributed by atoms with Gasteiger partial charge >= 0.3 is 0 Å². The van der Waals surface area contributed by atoms with E-state index in [1.54, 1.807) is 0 Å². The van der Waals surface area contributed by atoms with E-state index in [1.165, 1.54) is 12.2 Å². The van der Waals surface area contributed by atoms with Gasteiger partial charge in [0.1, 0.15) is 6.04 Å². The number of likely N-dealkylation sites (N-methyl/N-ethyl adjacent to an activating group) is 1. The average Bonchev–Trinajstić information content (AvgIpc) is 2.27. The molecule has 1 unspecified atom stereocenters. The molecule has 0 fully saturated rings. The molecule has 0 saturated heterocycles. The zero-order valence-corrected chi connectivity index (χ0v) is 11.7. The summed E-state index contributed by atoms with van der Waals surface area (Å²) in [7, 11) is 6.05. The van der Waals surface area contributed by atoms with Crippen molar-refractivity contribution >= 4 is 11.8 Å². The number of carbonyl (C=O) groups is 2. The minimum absolute atomic E-state index is 0.0535. The Morgan fingerprint density at radius 3 is 1.72 bits per heavy atom. The van der Waals surface area contributed by atoms with Gasteiger partial charge in [-0.15, -0.1) is 0 Å². The maximum atomic E-state index is 11.4. The van der Waals surface area contributed by atoms with E-state index in [1.807, 2.05) is 28.1 Å². The van der Waals surface area contributed by atoms with Crippen LogP contribution in [0.5, 0.6) is 0 Å². The van der Waals surface area contributed by atoms with Crippen LogP contribution >= 0.6 is 0 Å². The molecule has 0 aliphatic rings. The third-order valence-corrected chi connectivity index (χ3v) is 2.76. The smallest absolute Gasteiger partial charge is 0.245 e. The third kappa shape index (κ3) is 5.14. The van der Waals surface area contributed by atoms with Crippen LogP contribution in [0.3, 0.4) is 0 Å². The molecule has 0 aliphatic carbocycles. The molecule has 0 bridgehead atoms. The Balaban J connectivity index is 5.03. The summed E-state index contributed by atoms with van der Waals surface area (Å²) < 4.78 is 0.621. The molecule has 0 aromatic heterocycles. The van der Waals surface area contributed by atoms with Gasteiger partial charge in [0.05, 0.1) is 21.1 Å². The van der Waals surface area contributed by atoms with E-state index < -0.39 is 6.17 Å². The first-order chi connectivity index (χ1) is 8.26. The van der Waals surface area contributed by atoms with E-state index >= 15 is 0 Å². The fraction of sp³-hybridized carbons (Fsp3) is 0.538. The summed E-state index contributed by atoms with van der Waals surface area (Å²) in [5, 5.41) is 5.47. The van der Waals surface area contributed by atoms with Crippen molar-refractivity contribution in [1.82, 2.24) is 10.6 Å². The quantitative estimate of drug-likeness (QED) is 0.392. The summed E-state index contributed by atoms with van der Waals surface area (Å²) >= 11 is 0. The Hall–Kier alpha value is -1.62. The largest absolute Gasteiger partial charge is 0.327 e. The van der Waals surface area contributed by atoms with E-state index in [-0.39, 0.29) is 17.9 Å². The van der Waals surface area contributed by atoms with Gasteiger partial charge in [-0.05, 0) is 12.2 Å². The van der Waals surface area contributed by atoms with E-state index in [0.29, 0.717) is 4.48 Å². The highest BCUT2D eigenvalue weighted by molar-refractivity contribution is 5.89. The Bertz CT molecular complexity index is 310. The van der Waals surface area contributed by atoms with E-state index in [0.717, 1.165) is 6.42 Å². The van der Waals surface area contributed by atoms with Crippen LogP contribution in [-0.4, -0.2) is 49.6 Å². The number of amides is 2. The fourth-order valence-corrected chi connectivity index (χ4v) is 1.88. The number of rotatable bonds is 7. The number of carbonyl (C=O) groups excluding carboxylic acids is 2. The first kappa shape index (κ1) is 16.4. The lowest BCUT2D eigenvalue weighted by atomic mass is 10.1. The van der Waals surface area contributed by atoms with Gasteiger partial charge in [0, 0.05) is 6.42 Å². The summed E-state index contributed by atoms with van der Waals surface area (Å²) in [6, 6.07) is 0.0535. The summed E-state index contributed by atoms with van der Waals surface area (Å²) in [6.07, 6.45) is 2.74. The lowest BCUT2D eigenvalue weighted by Crippen LogP contribution is -2.63. The average molecular weight is 254 g/mol. The predicted octanol–water partition coefficient (Wildman–Crippen LogP) is 0.402. The fourth-order valence-electron chi connectivity index (χ4n) is 1.88. The van der Waals surface area contributed by atoms with Gasteiger partial charge in [-0.2, -0.15) is 0 Å². The SMILES string of the molecule is C=CC(=O)NC(NC(=O)C=C)C(CC)[N+](C)(C)C. The minimum Gasteiger partial charge on any atom is -0.327 e. The Kier molecular flexibility index (Phi) is 6.33. The number of nitrogens with zero attached hydrogens (tertiary/aromatic N) is 1. The van der Waals surface area contributed by atoms with Gasteiger partial charge in [0.25, 0.3) is 0 Å². The van der Waals surface area contributed by atoms with Crippen molar-refractivity contribution in [2.75, 3.05) is 21.1 Å². The van der Waals surface area contributed by atoms with Crippen LogP contribution in [0, 0.1) is 0 Å². The molecule has 2 N–H and O–H groups in total. The molecule has 0 aromatic carbocycles. The van der Waals surface area contributed by atoms with Crippen molar-refractivity contribution in [2.45, 2.75) is 25.6 Å². The van der Waals surface area contributed by atoms with Gasteiger partial charge in [0.15, 0.2) is 6.17 Å². The molecule has 0 aliphatic heterocycles. The van der Waals surface area contributed by atoms with E-state index in [9.17, 15) is 9.59 Å². The lowest BCUT2D eigenvalue weighted by Gasteiger charge is -2.38. The molecule has 0 saturated carbocycles.